The molecule has 1 unspecified atom stereocenters. The van der Waals surface area contributed by atoms with Crippen LogP contribution in [0.2, 0.25) is 10.0 Å². The molecule has 1 aliphatic heterocycles. The smallest absolute Gasteiger partial charge is 0.217 e. The van der Waals surface area contributed by atoms with E-state index < -0.39 is 0 Å². The molecule has 1 fully saturated rings. The van der Waals surface area contributed by atoms with Gasteiger partial charge in [-0.2, -0.15) is 10.4 Å². The van der Waals surface area contributed by atoms with Crippen LogP contribution in [0.4, 0.5) is 0 Å². The second kappa shape index (κ2) is 9.18. The number of carbonyl (C=O) groups excluding carboxylic acids is 1. The average molecular weight is 462 g/mol. The van der Waals surface area contributed by atoms with E-state index in [1.165, 1.54) is 6.92 Å². The van der Waals surface area contributed by atoms with Crippen molar-refractivity contribution in [1.29, 1.82) is 5.26 Å². The Kier molecular flexibility index (Phi) is 6.37. The fourth-order valence-electron chi connectivity index (χ4n) is 3.78. The summed E-state index contributed by atoms with van der Waals surface area (Å²) in [6.45, 7) is 2.26. The maximum Gasteiger partial charge on any atom is 0.217 e. The molecule has 1 aromatic carbocycles. The van der Waals surface area contributed by atoms with E-state index in [9.17, 15) is 4.79 Å². The minimum absolute atomic E-state index is 0.112. The van der Waals surface area contributed by atoms with E-state index in [-0.39, 0.29) is 25.3 Å². The van der Waals surface area contributed by atoms with Crippen molar-refractivity contribution in [3.05, 3.63) is 34.2 Å². The van der Waals surface area contributed by atoms with Crippen molar-refractivity contribution in [2.45, 2.75) is 39.0 Å². The Morgan fingerprint density at radius 2 is 2.32 bits per heavy atom. The highest BCUT2D eigenvalue weighted by molar-refractivity contribution is 6.45. The van der Waals surface area contributed by atoms with Crippen LogP contribution >= 0.6 is 23.2 Å². The summed E-state index contributed by atoms with van der Waals surface area (Å²) in [5.74, 6) is 0.258. The lowest BCUT2D eigenvalue weighted by molar-refractivity contribution is -0.119. The van der Waals surface area contributed by atoms with Crippen LogP contribution in [-0.4, -0.2) is 33.9 Å². The average Bonchev–Trinajstić information content (AvgIpc) is 3.39. The summed E-state index contributed by atoms with van der Waals surface area (Å²) in [5, 5.41) is 17.6. The van der Waals surface area contributed by atoms with Crippen molar-refractivity contribution in [3.63, 3.8) is 0 Å². The molecule has 162 valence electrons. The fraction of sp³-hybridized carbons (Fsp3) is 0.381. The van der Waals surface area contributed by atoms with Gasteiger partial charge in [0.15, 0.2) is 6.61 Å². The predicted molar refractivity (Wildman–Crippen MR) is 117 cm³/mol. The summed E-state index contributed by atoms with van der Waals surface area (Å²) < 4.78 is 13.3. The first-order chi connectivity index (χ1) is 15.0. The van der Waals surface area contributed by atoms with Gasteiger partial charge in [-0.3, -0.25) is 4.79 Å². The number of nitrogens with zero attached hydrogens (tertiary/aromatic N) is 3. The summed E-state index contributed by atoms with van der Waals surface area (Å²) in [5.41, 5.74) is 2.87. The third-order valence-electron chi connectivity index (χ3n) is 5.16. The van der Waals surface area contributed by atoms with Crippen LogP contribution in [0.1, 0.15) is 38.1 Å². The van der Waals surface area contributed by atoms with Crippen molar-refractivity contribution >= 4 is 40.0 Å². The Morgan fingerprint density at radius 3 is 3.03 bits per heavy atom. The Balaban J connectivity index is 1.87. The van der Waals surface area contributed by atoms with Crippen LogP contribution in [0.15, 0.2) is 18.5 Å². The van der Waals surface area contributed by atoms with Gasteiger partial charge in [-0.15, -0.1) is 0 Å². The molecule has 0 radical (unpaired) electrons. The number of carbonyl (C=O) groups is 1. The van der Waals surface area contributed by atoms with Gasteiger partial charge in [0, 0.05) is 42.6 Å². The number of fused-ring (bicyclic) bond motifs is 1. The number of hydrogen-bond donors (Lipinski definition) is 2. The van der Waals surface area contributed by atoms with Gasteiger partial charge >= 0.3 is 0 Å². The molecule has 0 bridgehead atoms. The number of halogens is 2. The molecule has 1 atom stereocenters. The van der Waals surface area contributed by atoms with Crippen molar-refractivity contribution in [1.82, 2.24) is 20.1 Å². The second-order valence-electron chi connectivity index (χ2n) is 7.29. The first kappa shape index (κ1) is 21.5. The van der Waals surface area contributed by atoms with E-state index >= 15 is 0 Å². The molecule has 0 spiro atoms. The largest absolute Gasteiger partial charge is 0.478 e. The molecule has 3 aromatic rings. The van der Waals surface area contributed by atoms with Crippen LogP contribution in [0, 0.1) is 11.3 Å². The Bertz CT molecular complexity index is 1160. The van der Waals surface area contributed by atoms with Gasteiger partial charge in [0.25, 0.3) is 0 Å². The van der Waals surface area contributed by atoms with E-state index in [4.69, 9.17) is 37.9 Å². The van der Waals surface area contributed by atoms with Gasteiger partial charge in [-0.1, -0.05) is 23.2 Å². The number of nitriles is 1. The number of rotatable bonds is 6. The molecule has 3 heterocycles. The molecule has 8 nitrogen and oxygen atoms in total. The Labute approximate surface area is 189 Å². The number of H-pyrrole nitrogens is 1. The molecule has 4 rings (SSSR count). The standard InChI is InChI=1S/C21H21Cl2N5O3/c1-12(29)25-10-15-18(13-9-26-28(11-13)17-4-2-3-6-31-17)19-16(30-7-5-24)8-14(22)20(23)21(19)27-15/h8-9,11,17,27H,2-4,6-7,10H2,1H3,(H,25,29). The molecule has 0 saturated carbocycles. The summed E-state index contributed by atoms with van der Waals surface area (Å²) in [7, 11) is 0. The minimum atomic E-state index is -0.166. The van der Waals surface area contributed by atoms with Gasteiger partial charge < -0.3 is 19.8 Å². The first-order valence-electron chi connectivity index (χ1n) is 9.92. The van der Waals surface area contributed by atoms with Crippen molar-refractivity contribution in [2.75, 3.05) is 13.2 Å². The quantitative estimate of drug-likeness (QED) is 0.558. The van der Waals surface area contributed by atoms with Gasteiger partial charge in [-0.05, 0) is 19.3 Å². The highest BCUT2D eigenvalue weighted by Gasteiger charge is 2.24. The number of aromatic amines is 1. The molecule has 2 aromatic heterocycles. The van der Waals surface area contributed by atoms with E-state index in [2.05, 4.69) is 15.4 Å². The third kappa shape index (κ3) is 4.35. The Morgan fingerprint density at radius 1 is 1.48 bits per heavy atom. The summed E-state index contributed by atoms with van der Waals surface area (Å²) >= 11 is 12.8. The van der Waals surface area contributed by atoms with Gasteiger partial charge in [0.05, 0.1) is 33.7 Å². The maximum atomic E-state index is 11.6. The third-order valence-corrected chi connectivity index (χ3v) is 5.95. The number of hydrogen-bond acceptors (Lipinski definition) is 5. The van der Waals surface area contributed by atoms with Gasteiger partial charge in [0.1, 0.15) is 18.0 Å². The normalized spacial score (nSPS) is 16.3. The first-order valence-corrected chi connectivity index (χ1v) is 10.7. The van der Waals surface area contributed by atoms with Crippen LogP contribution in [-0.2, 0) is 16.1 Å². The zero-order chi connectivity index (χ0) is 22.0. The zero-order valence-electron chi connectivity index (χ0n) is 16.9. The van der Waals surface area contributed by atoms with Crippen LogP contribution in [0.5, 0.6) is 5.75 Å². The van der Waals surface area contributed by atoms with E-state index in [0.29, 0.717) is 33.3 Å². The lowest BCUT2D eigenvalue weighted by Crippen LogP contribution is -2.19. The molecule has 1 amide bonds. The van der Waals surface area contributed by atoms with Crippen molar-refractivity contribution in [3.8, 4) is 22.9 Å². The highest BCUT2D eigenvalue weighted by atomic mass is 35.5. The molecule has 2 N–H and O–H groups in total. The van der Waals surface area contributed by atoms with Crippen LogP contribution in [0.3, 0.4) is 0 Å². The Hall–Kier alpha value is -2.73. The van der Waals surface area contributed by atoms with E-state index in [1.807, 2.05) is 16.9 Å². The second-order valence-corrected chi connectivity index (χ2v) is 8.07. The lowest BCUT2D eigenvalue weighted by atomic mass is 10.0. The monoisotopic (exact) mass is 461 g/mol. The van der Waals surface area contributed by atoms with Crippen LogP contribution in [0.25, 0.3) is 22.0 Å². The molecular formula is C21H21Cl2N5O3. The zero-order valence-corrected chi connectivity index (χ0v) is 18.4. The molecule has 0 aliphatic carbocycles. The van der Waals surface area contributed by atoms with Gasteiger partial charge in [-0.25, -0.2) is 4.68 Å². The lowest BCUT2D eigenvalue weighted by Gasteiger charge is -2.22. The molecule has 10 heteroatoms. The number of ether oxygens (including phenoxy) is 2. The molecule has 1 saturated heterocycles. The number of benzene rings is 1. The fourth-order valence-corrected chi connectivity index (χ4v) is 4.17. The highest BCUT2D eigenvalue weighted by Crippen LogP contribution is 2.44. The molecule has 31 heavy (non-hydrogen) atoms. The number of nitrogens with one attached hydrogen (secondary N) is 2. The van der Waals surface area contributed by atoms with E-state index in [0.717, 1.165) is 36.1 Å². The molecule has 1 aliphatic rings. The van der Waals surface area contributed by atoms with Crippen LogP contribution < -0.4 is 10.1 Å². The van der Waals surface area contributed by atoms with Crippen molar-refractivity contribution < 1.29 is 14.3 Å². The SMILES string of the molecule is CC(=O)NCc1[nH]c2c(Cl)c(Cl)cc(OCC#N)c2c1-c1cnn(C2CCCCO2)c1. The van der Waals surface area contributed by atoms with E-state index in [1.54, 1.807) is 12.3 Å². The summed E-state index contributed by atoms with van der Waals surface area (Å²) in [6, 6.07) is 3.56. The summed E-state index contributed by atoms with van der Waals surface area (Å²) in [4.78, 5) is 14.8. The summed E-state index contributed by atoms with van der Waals surface area (Å²) in [6.07, 6.45) is 6.57. The maximum absolute atomic E-state index is 11.6. The minimum Gasteiger partial charge on any atom is -0.478 e. The van der Waals surface area contributed by atoms with Crippen molar-refractivity contribution in [2.24, 2.45) is 0 Å². The number of amides is 1. The topological polar surface area (TPSA) is 105 Å². The molecular weight excluding hydrogens is 441 g/mol. The van der Waals surface area contributed by atoms with Gasteiger partial charge in [0.2, 0.25) is 5.91 Å². The number of aromatic nitrogens is 3. The predicted octanol–water partition coefficient (Wildman–Crippen LogP) is 4.58.